The maximum absolute atomic E-state index is 14.0. The van der Waals surface area contributed by atoms with E-state index in [0.717, 1.165) is 43.8 Å². The number of carboxylic acid groups (broad SMARTS) is 1. The lowest BCUT2D eigenvalue weighted by atomic mass is 10.0. The number of carbonyl (C=O) groups is 4. The third-order valence-corrected chi connectivity index (χ3v) is 8.71. The van der Waals surface area contributed by atoms with E-state index in [1.807, 2.05) is 72.8 Å². The van der Waals surface area contributed by atoms with Gasteiger partial charge in [-0.1, -0.05) is 54.6 Å². The first-order valence-electron chi connectivity index (χ1n) is 15.9. The molecule has 252 valence electrons. The van der Waals surface area contributed by atoms with E-state index in [1.165, 1.54) is 0 Å². The predicted molar refractivity (Wildman–Crippen MR) is 184 cm³/mol. The van der Waals surface area contributed by atoms with Gasteiger partial charge in [0.15, 0.2) is 0 Å². The van der Waals surface area contributed by atoms with Gasteiger partial charge in [-0.25, -0.2) is 4.79 Å². The van der Waals surface area contributed by atoms with Gasteiger partial charge in [-0.2, -0.15) is 0 Å². The van der Waals surface area contributed by atoms with Crippen LogP contribution in [0.2, 0.25) is 0 Å². The standard InChI is InChI=1S/C36H37N7O6/c37-26(19-44)33(45)41-30(13-20-16-38-27-10-4-1-7-23(20)27)34(46)42-31(14-21-17-39-28-11-5-2-8-24(21)28)35(47)43-32(36(48)49)15-22-18-40-29-12-6-3-9-25(22)29/h1-12,16-18,26,30-32,38-40,44H,13-15,19,37H2,(H,41,45)(H,42,46)(H,43,47)(H,48,49). The van der Waals surface area contributed by atoms with Gasteiger partial charge in [0.25, 0.3) is 0 Å². The minimum Gasteiger partial charge on any atom is -0.480 e. The van der Waals surface area contributed by atoms with Crippen LogP contribution in [0.4, 0.5) is 0 Å². The van der Waals surface area contributed by atoms with E-state index < -0.39 is 54.5 Å². The Bertz CT molecular complexity index is 2130. The molecule has 49 heavy (non-hydrogen) atoms. The van der Waals surface area contributed by atoms with Gasteiger partial charge >= 0.3 is 5.97 Å². The molecule has 0 aliphatic heterocycles. The molecule has 3 aromatic carbocycles. The Morgan fingerprint density at radius 3 is 1.31 bits per heavy atom. The van der Waals surface area contributed by atoms with E-state index in [9.17, 15) is 29.4 Å². The number of hydrogen-bond donors (Lipinski definition) is 9. The van der Waals surface area contributed by atoms with Crippen LogP contribution >= 0.6 is 0 Å². The average Bonchev–Trinajstić information content (AvgIpc) is 3.84. The van der Waals surface area contributed by atoms with Crippen LogP contribution < -0.4 is 21.7 Å². The molecule has 4 unspecified atom stereocenters. The van der Waals surface area contributed by atoms with Crippen molar-refractivity contribution in [2.45, 2.75) is 43.4 Å². The summed E-state index contributed by atoms with van der Waals surface area (Å²) in [6.07, 6.45) is 5.25. The summed E-state index contributed by atoms with van der Waals surface area (Å²) >= 11 is 0. The largest absolute Gasteiger partial charge is 0.480 e. The number of benzene rings is 3. The number of hydrogen-bond acceptors (Lipinski definition) is 6. The van der Waals surface area contributed by atoms with Crippen molar-refractivity contribution in [1.29, 1.82) is 0 Å². The molecule has 0 aliphatic carbocycles. The summed E-state index contributed by atoms with van der Waals surface area (Å²) < 4.78 is 0. The van der Waals surface area contributed by atoms with E-state index in [4.69, 9.17) is 5.73 Å². The summed E-state index contributed by atoms with van der Waals surface area (Å²) in [5, 5.41) is 30.2. The summed E-state index contributed by atoms with van der Waals surface area (Å²) in [6, 6.07) is 17.4. The average molecular weight is 664 g/mol. The number of amides is 3. The highest BCUT2D eigenvalue weighted by Gasteiger charge is 2.32. The van der Waals surface area contributed by atoms with Gasteiger partial charge in [0.05, 0.1) is 6.61 Å². The fraction of sp³-hybridized carbons (Fsp3) is 0.222. The lowest BCUT2D eigenvalue weighted by Crippen LogP contribution is -2.58. The molecule has 6 rings (SSSR count). The fourth-order valence-electron chi connectivity index (χ4n) is 6.09. The summed E-state index contributed by atoms with van der Waals surface area (Å²) in [6.45, 7) is -0.633. The molecule has 0 spiro atoms. The molecule has 13 heteroatoms. The Morgan fingerprint density at radius 1 is 0.571 bits per heavy atom. The molecule has 0 saturated carbocycles. The predicted octanol–water partition coefficient (Wildman–Crippen LogP) is 2.02. The third-order valence-electron chi connectivity index (χ3n) is 8.71. The van der Waals surface area contributed by atoms with Crippen molar-refractivity contribution in [3.8, 4) is 0 Å². The van der Waals surface area contributed by atoms with Crippen molar-refractivity contribution in [2.24, 2.45) is 5.73 Å². The van der Waals surface area contributed by atoms with E-state index in [0.29, 0.717) is 5.56 Å². The van der Waals surface area contributed by atoms with Gasteiger partial charge in [-0.15, -0.1) is 0 Å². The molecule has 3 aromatic heterocycles. The zero-order valence-electron chi connectivity index (χ0n) is 26.4. The molecule has 13 nitrogen and oxygen atoms in total. The number of carbonyl (C=O) groups excluding carboxylic acids is 3. The van der Waals surface area contributed by atoms with Gasteiger partial charge in [-0.05, 0) is 34.9 Å². The van der Waals surface area contributed by atoms with Crippen molar-refractivity contribution >= 4 is 56.4 Å². The molecular weight excluding hydrogens is 626 g/mol. The number of aliphatic hydroxyl groups is 1. The maximum atomic E-state index is 14.0. The molecule has 4 atom stereocenters. The topological polar surface area (TPSA) is 218 Å². The molecule has 10 N–H and O–H groups in total. The minimum atomic E-state index is -1.31. The van der Waals surface area contributed by atoms with Crippen molar-refractivity contribution in [3.05, 3.63) is 108 Å². The normalized spacial score (nSPS) is 13.9. The molecule has 0 aliphatic rings. The molecule has 0 radical (unpaired) electrons. The second kappa shape index (κ2) is 14.5. The monoisotopic (exact) mass is 663 g/mol. The summed E-state index contributed by atoms with van der Waals surface area (Å²) in [5.41, 5.74) is 10.4. The second-order valence-corrected chi connectivity index (χ2v) is 12.0. The highest BCUT2D eigenvalue weighted by molar-refractivity contribution is 5.96. The summed E-state index contributed by atoms with van der Waals surface area (Å²) in [4.78, 5) is 62.7. The highest BCUT2D eigenvalue weighted by Crippen LogP contribution is 2.22. The number of para-hydroxylation sites is 3. The van der Waals surface area contributed by atoms with Crippen LogP contribution in [-0.4, -0.2) is 79.6 Å². The highest BCUT2D eigenvalue weighted by atomic mass is 16.4. The van der Waals surface area contributed by atoms with Crippen molar-refractivity contribution in [1.82, 2.24) is 30.9 Å². The number of nitrogens with one attached hydrogen (secondary N) is 6. The van der Waals surface area contributed by atoms with Crippen molar-refractivity contribution in [3.63, 3.8) is 0 Å². The van der Waals surface area contributed by atoms with Crippen LogP contribution in [-0.2, 0) is 38.4 Å². The summed E-state index contributed by atoms with van der Waals surface area (Å²) in [7, 11) is 0. The smallest absolute Gasteiger partial charge is 0.326 e. The molecule has 0 fully saturated rings. The summed E-state index contributed by atoms with van der Waals surface area (Å²) in [5.74, 6) is -3.38. The van der Waals surface area contributed by atoms with Crippen molar-refractivity contribution in [2.75, 3.05) is 6.61 Å². The lowest BCUT2D eigenvalue weighted by Gasteiger charge is -2.25. The SMILES string of the molecule is NC(CO)C(=O)NC(Cc1c[nH]c2ccccc12)C(=O)NC(Cc1c[nH]c2ccccc12)C(=O)NC(Cc1c[nH]c2ccccc12)C(=O)O. The van der Waals surface area contributed by atoms with E-state index in [-0.39, 0.29) is 19.3 Å². The number of fused-ring (bicyclic) bond motifs is 3. The molecule has 0 bridgehead atoms. The maximum Gasteiger partial charge on any atom is 0.326 e. The Hall–Kier alpha value is -5.92. The number of carboxylic acids is 1. The van der Waals surface area contributed by atoms with E-state index in [1.54, 1.807) is 18.6 Å². The van der Waals surface area contributed by atoms with Crippen LogP contribution in [0.5, 0.6) is 0 Å². The first kappa shape index (κ1) is 33.0. The number of H-pyrrole nitrogens is 3. The lowest BCUT2D eigenvalue weighted by molar-refractivity contribution is -0.142. The van der Waals surface area contributed by atoms with E-state index in [2.05, 4.69) is 30.9 Å². The Kier molecular flexibility index (Phi) is 9.74. The zero-order chi connectivity index (χ0) is 34.5. The number of aliphatic carboxylic acids is 1. The van der Waals surface area contributed by atoms with Gasteiger partial charge in [0.1, 0.15) is 24.2 Å². The van der Waals surface area contributed by atoms with Gasteiger partial charge in [-0.3, -0.25) is 14.4 Å². The van der Waals surface area contributed by atoms with E-state index >= 15 is 0 Å². The quantitative estimate of drug-likeness (QED) is 0.0844. The second-order valence-electron chi connectivity index (χ2n) is 12.0. The first-order chi connectivity index (χ1) is 23.7. The van der Waals surface area contributed by atoms with Crippen LogP contribution in [0, 0.1) is 0 Å². The first-order valence-corrected chi connectivity index (χ1v) is 15.9. The Balaban J connectivity index is 1.29. The number of nitrogens with two attached hydrogens (primary N) is 1. The Morgan fingerprint density at radius 2 is 0.918 bits per heavy atom. The zero-order valence-corrected chi connectivity index (χ0v) is 26.4. The number of aromatic nitrogens is 3. The number of aliphatic hydroxyl groups excluding tert-OH is 1. The van der Waals surface area contributed by atoms with Gasteiger partial charge < -0.3 is 46.8 Å². The van der Waals surface area contributed by atoms with Crippen LogP contribution in [0.15, 0.2) is 91.4 Å². The Labute approximate surface area is 280 Å². The molecule has 3 amide bonds. The molecule has 0 saturated heterocycles. The number of aromatic amines is 3. The van der Waals surface area contributed by atoms with Crippen molar-refractivity contribution < 1.29 is 29.4 Å². The number of rotatable bonds is 14. The minimum absolute atomic E-state index is 0.00284. The van der Waals surface area contributed by atoms with Crippen LogP contribution in [0.25, 0.3) is 32.7 Å². The fourth-order valence-corrected chi connectivity index (χ4v) is 6.09. The van der Waals surface area contributed by atoms with Gasteiger partial charge in [0.2, 0.25) is 17.7 Å². The van der Waals surface area contributed by atoms with Crippen LogP contribution in [0.3, 0.4) is 0 Å². The van der Waals surface area contributed by atoms with Gasteiger partial charge in [0, 0.05) is 70.6 Å². The third kappa shape index (κ3) is 7.32. The molecule has 3 heterocycles. The van der Waals surface area contributed by atoms with Crippen LogP contribution in [0.1, 0.15) is 16.7 Å². The molecule has 6 aromatic rings. The molecular formula is C36H37N7O6.